The van der Waals surface area contributed by atoms with E-state index in [0.717, 1.165) is 5.56 Å². The van der Waals surface area contributed by atoms with Crippen molar-refractivity contribution in [2.75, 3.05) is 26.3 Å². The van der Waals surface area contributed by atoms with Gasteiger partial charge in [0.25, 0.3) is 5.91 Å². The van der Waals surface area contributed by atoms with E-state index in [1.165, 1.54) is 11.1 Å². The Morgan fingerprint density at radius 3 is 2.28 bits per heavy atom. The first-order valence-corrected chi connectivity index (χ1v) is 6.63. The third-order valence-electron chi connectivity index (χ3n) is 3.05. The Labute approximate surface area is 110 Å². The lowest BCUT2D eigenvalue weighted by atomic mass is 10.1. The van der Waals surface area contributed by atoms with E-state index in [1.54, 1.807) is 0 Å². The molecule has 0 radical (unpaired) electrons. The van der Waals surface area contributed by atoms with E-state index in [9.17, 15) is 4.79 Å². The summed E-state index contributed by atoms with van der Waals surface area (Å²) in [4.78, 5) is 14.0. The molecule has 1 saturated heterocycles. The largest absolute Gasteiger partial charge is 0.378 e. The first kappa shape index (κ1) is 14.7. The minimum atomic E-state index is 0.117. The molecule has 1 aromatic rings. The maximum atomic E-state index is 12.1. The van der Waals surface area contributed by atoms with Crippen molar-refractivity contribution in [3.8, 4) is 0 Å². The summed E-state index contributed by atoms with van der Waals surface area (Å²) in [5, 5.41) is 0. The molecule has 1 heterocycles. The number of carbonyl (C=O) groups is 1. The molecule has 3 nitrogen and oxygen atoms in total. The number of morpholine rings is 1. The first-order chi connectivity index (χ1) is 8.68. The van der Waals surface area contributed by atoms with Crippen molar-refractivity contribution >= 4 is 5.91 Å². The number of benzene rings is 1. The molecule has 1 aliphatic heterocycles. The van der Waals surface area contributed by atoms with Gasteiger partial charge >= 0.3 is 0 Å². The lowest BCUT2D eigenvalue weighted by molar-refractivity contribution is 0.0303. The molecule has 18 heavy (non-hydrogen) atoms. The lowest BCUT2D eigenvalue weighted by Gasteiger charge is -2.27. The van der Waals surface area contributed by atoms with Gasteiger partial charge in [0, 0.05) is 18.7 Å². The maximum absolute atomic E-state index is 12.1. The highest BCUT2D eigenvalue weighted by Gasteiger charge is 2.18. The van der Waals surface area contributed by atoms with Crippen LogP contribution >= 0.6 is 0 Å². The Morgan fingerprint density at radius 1 is 1.11 bits per heavy atom. The van der Waals surface area contributed by atoms with Crippen LogP contribution in [0.4, 0.5) is 0 Å². The molecule has 0 bridgehead atoms. The molecule has 0 saturated carbocycles. The van der Waals surface area contributed by atoms with Gasteiger partial charge in [-0.05, 0) is 37.1 Å². The number of nitrogens with zero attached hydrogens (tertiary/aromatic N) is 1. The van der Waals surface area contributed by atoms with Gasteiger partial charge in [0.15, 0.2) is 0 Å². The average Bonchev–Trinajstić information content (AvgIpc) is 2.44. The van der Waals surface area contributed by atoms with Crippen molar-refractivity contribution in [2.24, 2.45) is 0 Å². The van der Waals surface area contributed by atoms with Gasteiger partial charge in [-0.15, -0.1) is 0 Å². The van der Waals surface area contributed by atoms with E-state index < -0.39 is 0 Å². The van der Waals surface area contributed by atoms with Crippen LogP contribution in [0.15, 0.2) is 18.2 Å². The minimum Gasteiger partial charge on any atom is -0.378 e. The Morgan fingerprint density at radius 2 is 1.72 bits per heavy atom. The molecule has 100 valence electrons. The van der Waals surface area contributed by atoms with E-state index >= 15 is 0 Å². The zero-order valence-electron chi connectivity index (χ0n) is 11.8. The van der Waals surface area contributed by atoms with E-state index in [0.29, 0.717) is 26.3 Å². The van der Waals surface area contributed by atoms with Gasteiger partial charge in [0.2, 0.25) is 0 Å². The molecule has 2 rings (SSSR count). The Kier molecular flexibility index (Phi) is 5.86. The smallest absolute Gasteiger partial charge is 0.254 e. The van der Waals surface area contributed by atoms with Crippen LogP contribution in [0.1, 0.15) is 35.3 Å². The number of amides is 1. The molecular weight excluding hydrogens is 226 g/mol. The van der Waals surface area contributed by atoms with Gasteiger partial charge in [0.1, 0.15) is 0 Å². The average molecular weight is 249 g/mol. The highest BCUT2D eigenvalue weighted by atomic mass is 16.5. The van der Waals surface area contributed by atoms with Crippen molar-refractivity contribution in [2.45, 2.75) is 27.7 Å². The molecule has 0 aliphatic carbocycles. The predicted molar refractivity (Wildman–Crippen MR) is 74.0 cm³/mol. The second-order valence-corrected chi connectivity index (χ2v) is 4.20. The molecule has 1 aliphatic rings. The maximum Gasteiger partial charge on any atom is 0.254 e. The van der Waals surface area contributed by atoms with E-state index in [2.05, 4.69) is 6.92 Å². The number of carbonyl (C=O) groups excluding carboxylic acids is 1. The third-order valence-corrected chi connectivity index (χ3v) is 3.05. The minimum absolute atomic E-state index is 0.117. The van der Waals surface area contributed by atoms with Crippen LogP contribution < -0.4 is 0 Å². The standard InChI is InChI=1S/C13H17NO2.C2H6/c1-10-3-4-12(9-11(10)2)13(15)14-5-7-16-8-6-14;1-2/h3-4,9H,5-8H2,1-2H3;1-2H3. The van der Waals surface area contributed by atoms with Crippen molar-refractivity contribution < 1.29 is 9.53 Å². The predicted octanol–water partition coefficient (Wildman–Crippen LogP) is 2.80. The summed E-state index contributed by atoms with van der Waals surface area (Å²) < 4.78 is 5.23. The quantitative estimate of drug-likeness (QED) is 0.766. The van der Waals surface area contributed by atoms with Crippen LogP contribution in [0, 0.1) is 13.8 Å². The fourth-order valence-electron chi connectivity index (χ4n) is 1.82. The van der Waals surface area contributed by atoms with Crippen molar-refractivity contribution in [1.29, 1.82) is 0 Å². The Hall–Kier alpha value is -1.35. The van der Waals surface area contributed by atoms with E-state index in [1.807, 2.05) is 43.9 Å². The van der Waals surface area contributed by atoms with Crippen LogP contribution in [-0.2, 0) is 4.74 Å². The fourth-order valence-corrected chi connectivity index (χ4v) is 1.82. The molecule has 1 amide bonds. The van der Waals surface area contributed by atoms with E-state index in [-0.39, 0.29) is 5.91 Å². The topological polar surface area (TPSA) is 29.5 Å². The number of rotatable bonds is 1. The molecule has 3 heteroatoms. The molecule has 1 aromatic carbocycles. The van der Waals surface area contributed by atoms with Crippen LogP contribution in [0.5, 0.6) is 0 Å². The van der Waals surface area contributed by atoms with Gasteiger partial charge in [-0.1, -0.05) is 19.9 Å². The summed E-state index contributed by atoms with van der Waals surface area (Å²) in [5.74, 6) is 0.117. The number of ether oxygens (including phenoxy) is 1. The molecule has 1 fully saturated rings. The summed E-state index contributed by atoms with van der Waals surface area (Å²) in [7, 11) is 0. The van der Waals surface area contributed by atoms with Gasteiger partial charge in [-0.2, -0.15) is 0 Å². The second-order valence-electron chi connectivity index (χ2n) is 4.20. The van der Waals surface area contributed by atoms with Crippen molar-refractivity contribution in [3.05, 3.63) is 34.9 Å². The number of aryl methyl sites for hydroxylation is 2. The summed E-state index contributed by atoms with van der Waals surface area (Å²) in [6.45, 7) is 10.8. The normalized spacial score (nSPS) is 14.8. The van der Waals surface area contributed by atoms with Gasteiger partial charge in [0.05, 0.1) is 13.2 Å². The highest BCUT2D eigenvalue weighted by Crippen LogP contribution is 2.12. The summed E-state index contributed by atoms with van der Waals surface area (Å²) in [6.07, 6.45) is 0. The van der Waals surface area contributed by atoms with E-state index in [4.69, 9.17) is 4.74 Å². The van der Waals surface area contributed by atoms with Gasteiger partial charge < -0.3 is 9.64 Å². The fraction of sp³-hybridized carbons (Fsp3) is 0.533. The first-order valence-electron chi connectivity index (χ1n) is 6.63. The third kappa shape index (κ3) is 3.57. The molecule has 0 N–H and O–H groups in total. The zero-order chi connectivity index (χ0) is 13.5. The summed E-state index contributed by atoms with van der Waals surface area (Å²) in [5.41, 5.74) is 3.17. The number of hydrogen-bond donors (Lipinski definition) is 0. The van der Waals surface area contributed by atoms with Crippen LogP contribution in [0.2, 0.25) is 0 Å². The molecule has 0 aromatic heterocycles. The van der Waals surface area contributed by atoms with Crippen molar-refractivity contribution in [1.82, 2.24) is 4.90 Å². The monoisotopic (exact) mass is 249 g/mol. The number of hydrogen-bond acceptors (Lipinski definition) is 2. The Bertz CT molecular complexity index is 395. The lowest BCUT2D eigenvalue weighted by Crippen LogP contribution is -2.40. The molecule has 0 spiro atoms. The van der Waals surface area contributed by atoms with Crippen molar-refractivity contribution in [3.63, 3.8) is 0 Å². The van der Waals surface area contributed by atoms with Gasteiger partial charge in [-0.3, -0.25) is 4.79 Å². The zero-order valence-corrected chi connectivity index (χ0v) is 11.8. The second kappa shape index (κ2) is 7.17. The van der Waals surface area contributed by atoms with Crippen LogP contribution in [-0.4, -0.2) is 37.1 Å². The SMILES string of the molecule is CC.Cc1ccc(C(=O)N2CCOCC2)cc1C. The molecule has 0 atom stereocenters. The van der Waals surface area contributed by atoms with Gasteiger partial charge in [-0.25, -0.2) is 0 Å². The summed E-state index contributed by atoms with van der Waals surface area (Å²) in [6, 6.07) is 5.87. The van der Waals surface area contributed by atoms with Crippen LogP contribution in [0.25, 0.3) is 0 Å². The molecular formula is C15H23NO2. The Balaban J connectivity index is 0.000000771. The summed E-state index contributed by atoms with van der Waals surface area (Å²) >= 11 is 0. The highest BCUT2D eigenvalue weighted by molar-refractivity contribution is 5.94. The van der Waals surface area contributed by atoms with Crippen LogP contribution in [0.3, 0.4) is 0 Å². The molecule has 0 unspecified atom stereocenters.